The van der Waals surface area contributed by atoms with Crippen molar-refractivity contribution in [3.05, 3.63) is 95.6 Å². The number of amides is 2. The summed E-state index contributed by atoms with van der Waals surface area (Å²) in [7, 11) is -3.49. The van der Waals surface area contributed by atoms with Gasteiger partial charge in [0.1, 0.15) is 0 Å². The van der Waals surface area contributed by atoms with Crippen LogP contribution in [0.5, 0.6) is 0 Å². The van der Waals surface area contributed by atoms with E-state index in [4.69, 9.17) is 0 Å². The summed E-state index contributed by atoms with van der Waals surface area (Å²) in [5, 5.41) is 5.69. The highest BCUT2D eigenvalue weighted by Crippen LogP contribution is 2.20. The highest BCUT2D eigenvalue weighted by atomic mass is 32.2. The lowest BCUT2D eigenvalue weighted by atomic mass is 10.1. The smallest absolute Gasteiger partial charge is 0.253 e. The van der Waals surface area contributed by atoms with Gasteiger partial charge in [0.2, 0.25) is 15.9 Å². The Morgan fingerprint density at radius 1 is 0.914 bits per heavy atom. The minimum atomic E-state index is -3.49. The van der Waals surface area contributed by atoms with Gasteiger partial charge in [-0.05, 0) is 55.2 Å². The van der Waals surface area contributed by atoms with Gasteiger partial charge >= 0.3 is 0 Å². The molecule has 0 saturated heterocycles. The molecule has 0 bridgehead atoms. The maximum atomic E-state index is 12.7. The van der Waals surface area contributed by atoms with Crippen LogP contribution >= 0.6 is 0 Å². The largest absolute Gasteiger partial charge is 0.352 e. The number of nitrogens with one attached hydrogen (secondary N) is 2. The minimum absolute atomic E-state index is 0.113. The molecule has 0 spiro atoms. The number of sulfonamides is 1. The van der Waals surface area contributed by atoms with E-state index >= 15 is 0 Å². The van der Waals surface area contributed by atoms with E-state index in [0.29, 0.717) is 36.3 Å². The van der Waals surface area contributed by atoms with E-state index < -0.39 is 10.0 Å². The number of nitrogens with zero attached hydrogens (tertiary/aromatic N) is 1. The first kappa shape index (κ1) is 26.0. The molecule has 0 aliphatic rings. The molecule has 2 amide bonds. The number of hydrogen-bond acceptors (Lipinski definition) is 4. The Hall–Kier alpha value is -3.65. The van der Waals surface area contributed by atoms with Gasteiger partial charge in [-0.25, -0.2) is 8.42 Å². The quantitative estimate of drug-likeness (QED) is 0.419. The topological polar surface area (TPSA) is 95.6 Å². The summed E-state index contributed by atoms with van der Waals surface area (Å²) < 4.78 is 25.9. The molecule has 3 aromatic carbocycles. The van der Waals surface area contributed by atoms with E-state index in [0.717, 1.165) is 17.4 Å². The molecule has 0 saturated carbocycles. The molecule has 3 aromatic rings. The molecular weight excluding hydrogens is 462 g/mol. The van der Waals surface area contributed by atoms with Crippen molar-refractivity contribution in [3.63, 3.8) is 0 Å². The summed E-state index contributed by atoms with van der Waals surface area (Å²) in [6, 6.07) is 23.9. The van der Waals surface area contributed by atoms with Gasteiger partial charge in [0.25, 0.3) is 5.91 Å². The zero-order chi connectivity index (χ0) is 25.3. The second-order valence-electron chi connectivity index (χ2n) is 8.36. The van der Waals surface area contributed by atoms with Crippen LogP contribution in [0.1, 0.15) is 34.3 Å². The standard InChI is InChI=1S/C27H31N3O4S/c1-21-10-8-13-23(20-21)30(35(2,33)34)19-9-16-26(31)29-25-15-7-6-14-24(25)27(32)28-18-17-22-11-4-3-5-12-22/h3-8,10-15,20H,9,16-19H2,1-2H3,(H,28,32)(H,29,31). The van der Waals surface area contributed by atoms with Crippen molar-refractivity contribution in [2.24, 2.45) is 0 Å². The Balaban J connectivity index is 1.55. The molecule has 35 heavy (non-hydrogen) atoms. The van der Waals surface area contributed by atoms with Crippen molar-refractivity contribution in [2.45, 2.75) is 26.2 Å². The first-order valence-corrected chi connectivity index (χ1v) is 13.3. The van der Waals surface area contributed by atoms with Gasteiger partial charge in [0, 0.05) is 19.5 Å². The molecule has 2 N–H and O–H groups in total. The summed E-state index contributed by atoms with van der Waals surface area (Å²) in [6.07, 6.45) is 2.31. The van der Waals surface area contributed by atoms with Crippen molar-refractivity contribution < 1.29 is 18.0 Å². The first-order chi connectivity index (χ1) is 16.7. The van der Waals surface area contributed by atoms with Crippen LogP contribution in [0.4, 0.5) is 11.4 Å². The van der Waals surface area contributed by atoms with E-state index in [1.165, 1.54) is 4.31 Å². The van der Waals surface area contributed by atoms with Gasteiger partial charge in [0.05, 0.1) is 23.2 Å². The Morgan fingerprint density at radius 2 is 1.63 bits per heavy atom. The highest BCUT2D eigenvalue weighted by molar-refractivity contribution is 7.92. The molecule has 0 fully saturated rings. The fourth-order valence-electron chi connectivity index (χ4n) is 3.72. The number of anilines is 2. The van der Waals surface area contributed by atoms with Crippen molar-refractivity contribution in [1.82, 2.24) is 5.32 Å². The normalized spacial score (nSPS) is 11.0. The predicted octanol–water partition coefficient (Wildman–Crippen LogP) is 4.15. The third kappa shape index (κ3) is 7.96. The maximum absolute atomic E-state index is 12.7. The number of benzene rings is 3. The Morgan fingerprint density at radius 3 is 2.34 bits per heavy atom. The molecule has 0 radical (unpaired) electrons. The molecule has 0 aliphatic heterocycles. The van der Waals surface area contributed by atoms with Crippen LogP contribution in [0.15, 0.2) is 78.9 Å². The van der Waals surface area contributed by atoms with E-state index in [1.807, 2.05) is 43.3 Å². The van der Waals surface area contributed by atoms with Crippen molar-refractivity contribution in [1.29, 1.82) is 0 Å². The molecule has 7 nitrogen and oxygen atoms in total. The Labute approximate surface area is 207 Å². The molecule has 3 rings (SSSR count). The lowest BCUT2D eigenvalue weighted by molar-refractivity contribution is -0.116. The molecular formula is C27H31N3O4S. The van der Waals surface area contributed by atoms with E-state index in [-0.39, 0.29) is 24.8 Å². The number of aryl methyl sites for hydroxylation is 1. The zero-order valence-corrected chi connectivity index (χ0v) is 20.8. The summed E-state index contributed by atoms with van der Waals surface area (Å²) in [4.78, 5) is 25.3. The number of carbonyl (C=O) groups excluding carboxylic acids is 2. The summed E-state index contributed by atoms with van der Waals surface area (Å²) in [5.74, 6) is -0.549. The van der Waals surface area contributed by atoms with E-state index in [2.05, 4.69) is 10.6 Å². The number of carbonyl (C=O) groups is 2. The van der Waals surface area contributed by atoms with Crippen LogP contribution in [-0.4, -0.2) is 39.6 Å². The average Bonchev–Trinajstić information content (AvgIpc) is 2.82. The second kappa shape index (κ2) is 12.2. The van der Waals surface area contributed by atoms with Crippen LogP contribution in [0, 0.1) is 6.92 Å². The summed E-state index contributed by atoms with van der Waals surface area (Å²) in [6.45, 7) is 2.55. The number of para-hydroxylation sites is 1. The number of hydrogen-bond donors (Lipinski definition) is 2. The molecule has 184 valence electrons. The maximum Gasteiger partial charge on any atom is 0.253 e. The van der Waals surface area contributed by atoms with Gasteiger partial charge in [-0.3, -0.25) is 13.9 Å². The van der Waals surface area contributed by atoms with Gasteiger partial charge < -0.3 is 10.6 Å². The monoisotopic (exact) mass is 493 g/mol. The van der Waals surface area contributed by atoms with Crippen LogP contribution < -0.4 is 14.9 Å². The molecule has 0 atom stereocenters. The average molecular weight is 494 g/mol. The first-order valence-electron chi connectivity index (χ1n) is 11.5. The molecule has 0 aromatic heterocycles. The van der Waals surface area contributed by atoms with Crippen LogP contribution in [0.2, 0.25) is 0 Å². The Bertz CT molecular complexity index is 1260. The van der Waals surface area contributed by atoms with Gasteiger partial charge in [-0.2, -0.15) is 0 Å². The van der Waals surface area contributed by atoms with E-state index in [9.17, 15) is 18.0 Å². The lowest BCUT2D eigenvalue weighted by Gasteiger charge is -2.22. The third-order valence-corrected chi connectivity index (χ3v) is 6.64. The molecule has 0 heterocycles. The lowest BCUT2D eigenvalue weighted by Crippen LogP contribution is -2.31. The van der Waals surface area contributed by atoms with E-state index in [1.54, 1.807) is 42.5 Å². The van der Waals surface area contributed by atoms with Gasteiger partial charge in [-0.1, -0.05) is 54.6 Å². The molecule has 0 aliphatic carbocycles. The fraction of sp³-hybridized carbons (Fsp3) is 0.259. The Kier molecular flexibility index (Phi) is 9.03. The van der Waals surface area contributed by atoms with Crippen LogP contribution in [-0.2, 0) is 21.2 Å². The van der Waals surface area contributed by atoms with Crippen molar-refractivity contribution in [3.8, 4) is 0 Å². The zero-order valence-electron chi connectivity index (χ0n) is 20.0. The highest BCUT2D eigenvalue weighted by Gasteiger charge is 2.18. The van der Waals surface area contributed by atoms with Crippen molar-refractivity contribution in [2.75, 3.05) is 29.0 Å². The van der Waals surface area contributed by atoms with Crippen LogP contribution in [0.3, 0.4) is 0 Å². The SMILES string of the molecule is Cc1cccc(N(CCCC(=O)Nc2ccccc2C(=O)NCCc2ccccc2)S(C)(=O)=O)c1. The predicted molar refractivity (Wildman–Crippen MR) is 140 cm³/mol. The molecule has 8 heteroatoms. The minimum Gasteiger partial charge on any atom is -0.352 e. The number of rotatable bonds is 11. The molecule has 0 unspecified atom stereocenters. The summed E-state index contributed by atoms with van der Waals surface area (Å²) in [5.41, 5.74) is 3.46. The fourth-order valence-corrected chi connectivity index (χ4v) is 4.67. The van der Waals surface area contributed by atoms with Crippen LogP contribution in [0.25, 0.3) is 0 Å². The second-order valence-corrected chi connectivity index (χ2v) is 10.3. The third-order valence-electron chi connectivity index (χ3n) is 5.44. The summed E-state index contributed by atoms with van der Waals surface area (Å²) >= 11 is 0. The van der Waals surface area contributed by atoms with Gasteiger partial charge in [0.15, 0.2) is 0 Å². The van der Waals surface area contributed by atoms with Gasteiger partial charge in [-0.15, -0.1) is 0 Å². The van der Waals surface area contributed by atoms with Crippen molar-refractivity contribution >= 4 is 33.2 Å².